The van der Waals surface area contributed by atoms with Gasteiger partial charge in [-0.25, -0.2) is 0 Å². The van der Waals surface area contributed by atoms with Gasteiger partial charge in [-0.3, -0.25) is 0 Å². The standard InChI is InChI=1S/C15H26.C14H24.C14H26.C12H20.C12H22.C11H20.C10H18/c1-14(2,3)13-7-11-15(12-8-13)9-5-4-6-10-15;1-13(2,3)12-6-10-14(11-7-12)8-4-5-9-14;1-6-14(7-2)10-8-12(9-11-14)13(3,4)5;1-11(2,3)10-4-6-12(7-5-10)8-9-12;1-11(2,3)10-6-8-12(4,5)9-7-10;1-11(2,3)10-8-6-4-5-7-9-10;1-10(2,3)9-7-5-4-6-8-9/h7H,4-6,8-12H2,1-3H3;6H,4-5,7-11H2,1-3H3;8H,6-7,9-11H2,1-5H3;4H,5-9H2,1-3H3;6H,7-9H2,1-5H3;8H,4-7,9H2,1-3H3;7H,4-6,8H2,1-3H3. The Morgan fingerprint density at radius 3 is 0.784 bits per heavy atom. The van der Waals surface area contributed by atoms with Crippen LogP contribution < -0.4 is 0 Å². The van der Waals surface area contributed by atoms with Crippen molar-refractivity contribution in [1.82, 2.24) is 0 Å². The summed E-state index contributed by atoms with van der Waals surface area (Å²) >= 11 is 0. The highest BCUT2D eigenvalue weighted by molar-refractivity contribution is 5.21. The predicted octanol–water partition coefficient (Wildman–Crippen LogP) is 30.3. The molecule has 10 rings (SSSR count). The molecule has 0 aromatic carbocycles. The van der Waals surface area contributed by atoms with Crippen LogP contribution in [0.15, 0.2) is 81.5 Å². The summed E-state index contributed by atoms with van der Waals surface area (Å²) in [7, 11) is 0. The summed E-state index contributed by atoms with van der Waals surface area (Å²) in [6.07, 6.45) is 69.6. The molecule has 3 spiro atoms. The summed E-state index contributed by atoms with van der Waals surface area (Å²) in [6, 6.07) is 0. The molecule has 0 atom stereocenters. The molecule has 0 saturated heterocycles. The smallest absolute Gasteiger partial charge is 0.0173 e. The van der Waals surface area contributed by atoms with Crippen molar-refractivity contribution in [3.8, 4) is 0 Å². The molecule has 0 nitrogen and oxygen atoms in total. The molecule has 10 aliphatic carbocycles. The average Bonchev–Trinajstić information content (AvgIpc) is 4.02. The first-order valence-corrected chi connectivity index (χ1v) is 38.4. The molecule has 0 bridgehead atoms. The fourth-order valence-corrected chi connectivity index (χ4v) is 16.3. The van der Waals surface area contributed by atoms with Crippen molar-refractivity contribution in [3.63, 3.8) is 0 Å². The van der Waals surface area contributed by atoms with E-state index in [9.17, 15) is 0 Å². The summed E-state index contributed by atoms with van der Waals surface area (Å²) in [5.41, 5.74) is 18.1. The van der Waals surface area contributed by atoms with E-state index in [1.807, 2.05) is 0 Å². The monoisotopic (exact) mass is 1210 g/mol. The van der Waals surface area contributed by atoms with Crippen LogP contribution in [0.1, 0.15) is 411 Å². The van der Waals surface area contributed by atoms with E-state index >= 15 is 0 Å². The zero-order valence-electron chi connectivity index (χ0n) is 64.7. The summed E-state index contributed by atoms with van der Waals surface area (Å²) in [6.45, 7) is 58.4. The lowest BCUT2D eigenvalue weighted by Gasteiger charge is -2.41. The van der Waals surface area contributed by atoms with E-state index < -0.39 is 0 Å². The first-order chi connectivity index (χ1) is 40.5. The number of hydrogen-bond acceptors (Lipinski definition) is 0. The van der Waals surface area contributed by atoms with Crippen molar-refractivity contribution >= 4 is 0 Å². The summed E-state index contributed by atoms with van der Waals surface area (Å²) < 4.78 is 0. The molecule has 3 fully saturated rings. The molecule has 88 heavy (non-hydrogen) atoms. The Kier molecular flexibility index (Phi) is 29.5. The molecule has 508 valence electrons. The minimum Gasteiger partial charge on any atom is -0.0848 e. The third-order valence-corrected chi connectivity index (χ3v) is 24.4. The molecule has 0 amide bonds. The van der Waals surface area contributed by atoms with Crippen LogP contribution in [0.3, 0.4) is 0 Å². The molecule has 3 saturated carbocycles. The van der Waals surface area contributed by atoms with E-state index in [0.29, 0.717) is 48.7 Å². The van der Waals surface area contributed by atoms with Crippen LogP contribution in [0.2, 0.25) is 0 Å². The molecule has 0 heteroatoms. The van der Waals surface area contributed by atoms with Gasteiger partial charge in [0.1, 0.15) is 0 Å². The fraction of sp³-hybridized carbons (Fsp3) is 0.841. The van der Waals surface area contributed by atoms with Crippen LogP contribution in [0.25, 0.3) is 0 Å². The molecular formula is C88H156. The maximum Gasteiger partial charge on any atom is -0.0173 e. The van der Waals surface area contributed by atoms with Gasteiger partial charge in [0.05, 0.1) is 0 Å². The van der Waals surface area contributed by atoms with Crippen LogP contribution >= 0.6 is 0 Å². The Morgan fingerprint density at radius 2 is 0.511 bits per heavy atom. The summed E-state index contributed by atoms with van der Waals surface area (Å²) in [5.74, 6) is 0. The van der Waals surface area contributed by atoms with Crippen LogP contribution in [-0.2, 0) is 0 Å². The fourth-order valence-electron chi connectivity index (χ4n) is 16.3. The molecule has 0 aromatic rings. The second-order valence-corrected chi connectivity index (χ2v) is 39.4. The normalized spacial score (nSPS) is 24.1. The molecule has 0 aliphatic heterocycles. The third-order valence-electron chi connectivity index (χ3n) is 24.4. The second-order valence-electron chi connectivity index (χ2n) is 39.4. The van der Waals surface area contributed by atoms with E-state index in [4.69, 9.17) is 0 Å². The quantitative estimate of drug-likeness (QED) is 0.242. The Bertz CT molecular complexity index is 2220. The van der Waals surface area contributed by atoms with E-state index in [2.05, 4.69) is 216 Å². The van der Waals surface area contributed by atoms with Crippen molar-refractivity contribution in [3.05, 3.63) is 81.5 Å². The van der Waals surface area contributed by atoms with Crippen molar-refractivity contribution in [2.45, 2.75) is 411 Å². The van der Waals surface area contributed by atoms with Gasteiger partial charge in [-0.15, -0.1) is 0 Å². The number of allylic oxidation sites excluding steroid dienone is 14. The molecule has 0 aromatic heterocycles. The van der Waals surface area contributed by atoms with Crippen LogP contribution in [0.5, 0.6) is 0 Å². The van der Waals surface area contributed by atoms with Crippen molar-refractivity contribution < 1.29 is 0 Å². The van der Waals surface area contributed by atoms with Gasteiger partial charge in [0.15, 0.2) is 0 Å². The van der Waals surface area contributed by atoms with Crippen LogP contribution in [0.4, 0.5) is 0 Å². The lowest BCUT2D eigenvalue weighted by atomic mass is 9.64. The third kappa shape index (κ3) is 26.9. The SMILES string of the molecule is CC(C)(C)C1=CCC2(CC1)CC2.CC(C)(C)C1=CCC2(CCCC2)CC1.CC(C)(C)C1=CCC2(CCCCC2)CC1.CC(C)(C)C1=CCCCC1.CC(C)(C)C1=CCCCCC1.CC1(C)CC=C(C(C)(C)C)CC1.CCC1(CC)CC=C(C(C)(C)C)CC1. The zero-order valence-corrected chi connectivity index (χ0v) is 64.7. The van der Waals surface area contributed by atoms with Gasteiger partial charge in [0.25, 0.3) is 0 Å². The molecule has 0 unspecified atom stereocenters. The van der Waals surface area contributed by atoms with Gasteiger partial charge in [0, 0.05) is 0 Å². The van der Waals surface area contributed by atoms with Gasteiger partial charge in [-0.05, 0) is 251 Å². The largest absolute Gasteiger partial charge is 0.0848 e. The van der Waals surface area contributed by atoms with Gasteiger partial charge >= 0.3 is 0 Å². The average molecular weight is 1210 g/mol. The van der Waals surface area contributed by atoms with E-state index in [1.165, 1.54) is 238 Å². The molecule has 0 heterocycles. The topological polar surface area (TPSA) is 0 Å². The second kappa shape index (κ2) is 33.0. The maximum absolute atomic E-state index is 2.58. The predicted molar refractivity (Wildman–Crippen MR) is 398 cm³/mol. The Hall–Kier alpha value is -1.82. The first kappa shape index (κ1) is 78.6. The van der Waals surface area contributed by atoms with Crippen molar-refractivity contribution in [2.75, 3.05) is 0 Å². The highest BCUT2D eigenvalue weighted by atomic mass is 14.5. The molecule has 10 aliphatic rings. The minimum absolute atomic E-state index is 0.396. The van der Waals surface area contributed by atoms with Crippen LogP contribution in [-0.4, -0.2) is 0 Å². The van der Waals surface area contributed by atoms with Gasteiger partial charge in [-0.1, -0.05) is 306 Å². The number of hydrogen-bond donors (Lipinski definition) is 0. The molecule has 0 N–H and O–H groups in total. The highest BCUT2D eigenvalue weighted by Gasteiger charge is 2.44. The van der Waals surface area contributed by atoms with E-state index in [-0.39, 0.29) is 0 Å². The highest BCUT2D eigenvalue weighted by Crippen LogP contribution is 2.57. The Balaban J connectivity index is 0.000000220. The van der Waals surface area contributed by atoms with Crippen molar-refractivity contribution in [1.29, 1.82) is 0 Å². The summed E-state index contributed by atoms with van der Waals surface area (Å²) in [5, 5.41) is 0. The lowest BCUT2D eigenvalue weighted by Crippen LogP contribution is -2.28. The number of rotatable bonds is 2. The Morgan fingerprint density at radius 1 is 0.250 bits per heavy atom. The van der Waals surface area contributed by atoms with E-state index in [1.54, 1.807) is 39.0 Å². The first-order valence-electron chi connectivity index (χ1n) is 38.4. The maximum atomic E-state index is 2.58. The van der Waals surface area contributed by atoms with Gasteiger partial charge < -0.3 is 0 Å². The van der Waals surface area contributed by atoms with Crippen molar-refractivity contribution in [2.24, 2.45) is 65.0 Å². The summed E-state index contributed by atoms with van der Waals surface area (Å²) in [4.78, 5) is 0. The molecular weight excluding hydrogens is 1060 g/mol. The minimum atomic E-state index is 0.396. The lowest BCUT2D eigenvalue weighted by molar-refractivity contribution is 0.162. The van der Waals surface area contributed by atoms with Crippen LogP contribution in [0, 0.1) is 65.0 Å². The zero-order chi connectivity index (χ0) is 66.2. The Labute approximate surface area is 554 Å². The molecule has 0 radical (unpaired) electrons. The van der Waals surface area contributed by atoms with Gasteiger partial charge in [0.2, 0.25) is 0 Å². The van der Waals surface area contributed by atoms with E-state index in [0.717, 1.165) is 16.2 Å². The van der Waals surface area contributed by atoms with Gasteiger partial charge in [-0.2, -0.15) is 0 Å².